The van der Waals surface area contributed by atoms with Crippen molar-refractivity contribution in [2.24, 2.45) is 0 Å². The molecule has 4 nitrogen and oxygen atoms in total. The number of hydrogen-bond donors (Lipinski definition) is 2. The molecule has 3 aromatic carbocycles. The van der Waals surface area contributed by atoms with E-state index in [0.717, 1.165) is 48.1 Å². The van der Waals surface area contributed by atoms with Gasteiger partial charge >= 0.3 is 0 Å². The van der Waals surface area contributed by atoms with Crippen molar-refractivity contribution >= 4 is 11.4 Å². The summed E-state index contributed by atoms with van der Waals surface area (Å²) in [6, 6.07) is 20.2. The molecule has 4 N–H and O–H groups in total. The van der Waals surface area contributed by atoms with E-state index >= 15 is 0 Å². The zero-order chi connectivity index (χ0) is 22.8. The third kappa shape index (κ3) is 6.21. The monoisotopic (exact) mass is 428 g/mol. The van der Waals surface area contributed by atoms with Crippen LogP contribution in [0.4, 0.5) is 11.4 Å². The molecule has 3 rings (SSSR count). The lowest BCUT2D eigenvalue weighted by atomic mass is 10.00. The second-order valence-electron chi connectivity index (χ2n) is 7.71. The van der Waals surface area contributed by atoms with Gasteiger partial charge in [-0.05, 0) is 53.8 Å². The number of rotatable bonds is 9. The van der Waals surface area contributed by atoms with Gasteiger partial charge < -0.3 is 20.9 Å². The normalized spacial score (nSPS) is 10.3. The number of hydrogen-bond acceptors (Lipinski definition) is 4. The van der Waals surface area contributed by atoms with Gasteiger partial charge in [0.15, 0.2) is 0 Å². The average Bonchev–Trinajstić information content (AvgIpc) is 2.81. The first-order valence-electron chi connectivity index (χ1n) is 11.2. The van der Waals surface area contributed by atoms with Crippen molar-refractivity contribution in [2.75, 3.05) is 24.7 Å². The van der Waals surface area contributed by atoms with Gasteiger partial charge in [0.2, 0.25) is 0 Å². The molecule has 4 heteroatoms. The number of nitrogen functional groups attached to an aromatic ring is 2. The maximum atomic E-state index is 5.99. The lowest BCUT2D eigenvalue weighted by Gasteiger charge is -2.11. The SMILES string of the molecule is CCCCOc1ccc(-c2ccc(CCC)cc2)cc1C#CCOc1cccc(N)c1N. The smallest absolute Gasteiger partial charge is 0.149 e. The molecule has 0 saturated carbocycles. The van der Waals surface area contributed by atoms with Crippen LogP contribution in [0, 0.1) is 11.8 Å². The van der Waals surface area contributed by atoms with E-state index in [4.69, 9.17) is 20.9 Å². The number of unbranched alkanes of at least 4 members (excludes halogenated alkanes) is 1. The van der Waals surface area contributed by atoms with Gasteiger partial charge in [-0.1, -0.05) is 74.9 Å². The number of nitrogens with two attached hydrogens (primary N) is 2. The fourth-order valence-corrected chi connectivity index (χ4v) is 3.34. The highest BCUT2D eigenvalue weighted by atomic mass is 16.5. The molecule has 0 radical (unpaired) electrons. The average molecular weight is 429 g/mol. The van der Waals surface area contributed by atoms with Gasteiger partial charge in [0.1, 0.15) is 18.1 Å². The van der Waals surface area contributed by atoms with E-state index in [0.29, 0.717) is 23.7 Å². The molecule has 0 aliphatic heterocycles. The van der Waals surface area contributed by atoms with Crippen LogP contribution in [0.5, 0.6) is 11.5 Å². The summed E-state index contributed by atoms with van der Waals surface area (Å²) >= 11 is 0. The Kier molecular flexibility index (Phi) is 8.45. The first kappa shape index (κ1) is 23.1. The topological polar surface area (TPSA) is 70.5 Å². The number of benzene rings is 3. The van der Waals surface area contributed by atoms with Crippen LogP contribution in [-0.4, -0.2) is 13.2 Å². The second kappa shape index (κ2) is 11.7. The Balaban J connectivity index is 1.80. The Bertz CT molecular complexity index is 1080. The minimum atomic E-state index is 0.206. The van der Waals surface area contributed by atoms with E-state index in [2.05, 4.69) is 62.1 Å². The summed E-state index contributed by atoms with van der Waals surface area (Å²) in [5.41, 5.74) is 17.2. The Labute approximate surface area is 191 Å². The predicted octanol–water partition coefficient (Wildman–Crippen LogP) is 6.08. The maximum Gasteiger partial charge on any atom is 0.149 e. The maximum absolute atomic E-state index is 5.99. The minimum absolute atomic E-state index is 0.206. The number of ether oxygens (including phenoxy) is 2. The van der Waals surface area contributed by atoms with Crippen molar-refractivity contribution in [3.05, 3.63) is 71.8 Å². The van der Waals surface area contributed by atoms with Crippen molar-refractivity contribution in [3.8, 4) is 34.5 Å². The van der Waals surface area contributed by atoms with Crippen LogP contribution in [0.1, 0.15) is 44.2 Å². The number of para-hydroxylation sites is 1. The fourth-order valence-electron chi connectivity index (χ4n) is 3.34. The van der Waals surface area contributed by atoms with Crippen molar-refractivity contribution in [1.82, 2.24) is 0 Å². The standard InChI is InChI=1S/C28H32N2O2/c1-3-5-18-31-26-17-16-23(22-14-12-21(8-4-2)13-15-22)20-24(26)9-7-19-32-27-11-6-10-25(29)28(27)30/h6,10-17,20H,3-5,8,18-19,29-30H2,1-2H3. The van der Waals surface area contributed by atoms with E-state index < -0.39 is 0 Å². The molecule has 0 heterocycles. The van der Waals surface area contributed by atoms with Crippen LogP contribution in [0.15, 0.2) is 60.7 Å². The molecule has 0 fully saturated rings. The molecule has 0 atom stereocenters. The fraction of sp³-hybridized carbons (Fsp3) is 0.286. The molecule has 0 unspecified atom stereocenters. The molecule has 3 aromatic rings. The molecule has 0 aliphatic carbocycles. The second-order valence-corrected chi connectivity index (χ2v) is 7.71. The molecule has 0 aliphatic rings. The zero-order valence-electron chi connectivity index (χ0n) is 19.0. The third-order valence-electron chi connectivity index (χ3n) is 5.18. The molecule has 0 aromatic heterocycles. The highest BCUT2D eigenvalue weighted by Gasteiger charge is 2.06. The van der Waals surface area contributed by atoms with E-state index in [1.54, 1.807) is 12.1 Å². The van der Waals surface area contributed by atoms with E-state index in [1.165, 1.54) is 5.56 Å². The third-order valence-corrected chi connectivity index (χ3v) is 5.18. The van der Waals surface area contributed by atoms with Gasteiger partial charge in [-0.2, -0.15) is 0 Å². The molecule has 166 valence electrons. The van der Waals surface area contributed by atoms with Gasteiger partial charge in [0.05, 0.1) is 23.5 Å². The Morgan fingerprint density at radius 3 is 2.34 bits per heavy atom. The van der Waals surface area contributed by atoms with Crippen molar-refractivity contribution in [3.63, 3.8) is 0 Å². The molecule has 0 bridgehead atoms. The van der Waals surface area contributed by atoms with Gasteiger partial charge in [0, 0.05) is 0 Å². The van der Waals surface area contributed by atoms with Crippen LogP contribution in [-0.2, 0) is 6.42 Å². The summed E-state index contributed by atoms with van der Waals surface area (Å²) in [4.78, 5) is 0. The summed E-state index contributed by atoms with van der Waals surface area (Å²) in [5.74, 6) is 7.63. The highest BCUT2D eigenvalue weighted by molar-refractivity contribution is 5.70. The van der Waals surface area contributed by atoms with Gasteiger partial charge in [-0.15, -0.1) is 0 Å². The van der Waals surface area contributed by atoms with Crippen LogP contribution >= 0.6 is 0 Å². The van der Waals surface area contributed by atoms with Crippen molar-refractivity contribution in [2.45, 2.75) is 39.5 Å². The molecule has 32 heavy (non-hydrogen) atoms. The van der Waals surface area contributed by atoms with Crippen LogP contribution in [0.25, 0.3) is 11.1 Å². The lowest BCUT2D eigenvalue weighted by Crippen LogP contribution is -2.01. The number of anilines is 2. The van der Waals surface area contributed by atoms with Crippen LogP contribution in [0.2, 0.25) is 0 Å². The van der Waals surface area contributed by atoms with E-state index in [1.807, 2.05) is 12.1 Å². The summed E-state index contributed by atoms with van der Waals surface area (Å²) in [7, 11) is 0. The molecule has 0 amide bonds. The molecular weight excluding hydrogens is 396 g/mol. The van der Waals surface area contributed by atoms with E-state index in [-0.39, 0.29) is 6.61 Å². The minimum Gasteiger partial charge on any atom is -0.492 e. The quantitative estimate of drug-likeness (QED) is 0.246. The first-order chi connectivity index (χ1) is 15.6. The Morgan fingerprint density at radius 2 is 1.59 bits per heavy atom. The molecular formula is C28H32N2O2. The molecule has 0 spiro atoms. The Hall–Kier alpha value is -3.58. The van der Waals surface area contributed by atoms with Gasteiger partial charge in [-0.3, -0.25) is 0 Å². The summed E-state index contributed by atoms with van der Waals surface area (Å²) < 4.78 is 11.7. The van der Waals surface area contributed by atoms with Crippen molar-refractivity contribution < 1.29 is 9.47 Å². The predicted molar refractivity (Wildman–Crippen MR) is 134 cm³/mol. The Morgan fingerprint density at radius 1 is 0.812 bits per heavy atom. The van der Waals surface area contributed by atoms with E-state index in [9.17, 15) is 0 Å². The number of aryl methyl sites for hydroxylation is 1. The van der Waals surface area contributed by atoms with Gasteiger partial charge in [-0.25, -0.2) is 0 Å². The molecule has 0 saturated heterocycles. The van der Waals surface area contributed by atoms with Crippen LogP contribution < -0.4 is 20.9 Å². The van der Waals surface area contributed by atoms with Crippen molar-refractivity contribution in [1.29, 1.82) is 0 Å². The summed E-state index contributed by atoms with van der Waals surface area (Å²) in [6.45, 7) is 5.22. The zero-order valence-corrected chi connectivity index (χ0v) is 19.0. The van der Waals surface area contributed by atoms with Crippen LogP contribution in [0.3, 0.4) is 0 Å². The van der Waals surface area contributed by atoms with Gasteiger partial charge in [0.25, 0.3) is 0 Å². The highest BCUT2D eigenvalue weighted by Crippen LogP contribution is 2.28. The summed E-state index contributed by atoms with van der Waals surface area (Å²) in [6.07, 6.45) is 4.33. The summed E-state index contributed by atoms with van der Waals surface area (Å²) in [5, 5.41) is 0. The first-order valence-corrected chi connectivity index (χ1v) is 11.2. The lowest BCUT2D eigenvalue weighted by molar-refractivity contribution is 0.308. The largest absolute Gasteiger partial charge is 0.492 e.